The molecule has 0 saturated heterocycles. The average molecular weight is 373 g/mol. The molecule has 0 unspecified atom stereocenters. The quantitative estimate of drug-likeness (QED) is 0.345. The molecular formula is C17H9ClN2O6. The number of rotatable bonds is 5. The molecule has 0 saturated carbocycles. The standard InChI is InChI=1S/C17H9ClN2O6/c18-11-1-3-12(4-2-11)19-16(22)8-15(17(19)23)26-14-6-5-13(20(24)25)7-10(14)9-21/h1-9H. The second-order valence-electron chi connectivity index (χ2n) is 5.16. The highest BCUT2D eigenvalue weighted by Gasteiger charge is 2.34. The molecule has 2 amide bonds. The van der Waals surface area contributed by atoms with Gasteiger partial charge in [0.15, 0.2) is 12.0 Å². The fourth-order valence-electron chi connectivity index (χ4n) is 2.31. The van der Waals surface area contributed by atoms with Gasteiger partial charge in [-0.15, -0.1) is 0 Å². The number of nitro benzene ring substituents is 1. The number of halogens is 1. The predicted octanol–water partition coefficient (Wildman–Crippen LogP) is 2.90. The number of benzene rings is 2. The molecule has 9 heteroatoms. The van der Waals surface area contributed by atoms with Gasteiger partial charge in [-0.25, -0.2) is 4.90 Å². The highest BCUT2D eigenvalue weighted by molar-refractivity contribution is 6.31. The van der Waals surface area contributed by atoms with Gasteiger partial charge < -0.3 is 4.74 Å². The second kappa shape index (κ2) is 6.77. The summed E-state index contributed by atoms with van der Waals surface area (Å²) in [5, 5.41) is 11.2. The SMILES string of the molecule is O=Cc1cc([N+](=O)[O-])ccc1OC1=CC(=O)N(c2ccc(Cl)cc2)C1=O. The third-order valence-corrected chi connectivity index (χ3v) is 3.78. The van der Waals surface area contributed by atoms with Crippen LogP contribution in [0, 0.1) is 10.1 Å². The number of carbonyl (C=O) groups excluding carboxylic acids is 3. The van der Waals surface area contributed by atoms with Crippen molar-refractivity contribution < 1.29 is 24.0 Å². The van der Waals surface area contributed by atoms with Crippen molar-refractivity contribution in [3.05, 3.63) is 75.0 Å². The summed E-state index contributed by atoms with van der Waals surface area (Å²) in [4.78, 5) is 46.7. The van der Waals surface area contributed by atoms with E-state index < -0.39 is 16.7 Å². The number of aldehydes is 1. The van der Waals surface area contributed by atoms with Crippen LogP contribution in [-0.4, -0.2) is 23.0 Å². The minimum atomic E-state index is -0.729. The van der Waals surface area contributed by atoms with Crippen LogP contribution in [0.1, 0.15) is 10.4 Å². The van der Waals surface area contributed by atoms with Crippen molar-refractivity contribution in [2.45, 2.75) is 0 Å². The van der Waals surface area contributed by atoms with Crippen LogP contribution in [-0.2, 0) is 9.59 Å². The Morgan fingerprint density at radius 1 is 1.12 bits per heavy atom. The van der Waals surface area contributed by atoms with Crippen molar-refractivity contribution in [3.63, 3.8) is 0 Å². The Hall–Kier alpha value is -3.52. The molecule has 0 aromatic heterocycles. The van der Waals surface area contributed by atoms with E-state index in [0.717, 1.165) is 23.1 Å². The topological polar surface area (TPSA) is 107 Å². The van der Waals surface area contributed by atoms with Gasteiger partial charge in [-0.05, 0) is 30.3 Å². The van der Waals surface area contributed by atoms with E-state index in [9.17, 15) is 24.5 Å². The van der Waals surface area contributed by atoms with E-state index >= 15 is 0 Å². The summed E-state index contributed by atoms with van der Waals surface area (Å²) in [6, 6.07) is 9.37. The highest BCUT2D eigenvalue weighted by Crippen LogP contribution is 2.28. The van der Waals surface area contributed by atoms with Gasteiger partial charge in [-0.3, -0.25) is 24.5 Å². The number of ether oxygens (including phenoxy) is 1. The zero-order valence-corrected chi connectivity index (χ0v) is 13.7. The van der Waals surface area contributed by atoms with Crippen molar-refractivity contribution in [1.82, 2.24) is 0 Å². The number of hydrogen-bond donors (Lipinski definition) is 0. The lowest BCUT2D eigenvalue weighted by molar-refractivity contribution is -0.384. The summed E-state index contributed by atoms with van der Waals surface area (Å²) in [6.07, 6.45) is 1.34. The van der Waals surface area contributed by atoms with Crippen LogP contribution in [0.3, 0.4) is 0 Å². The van der Waals surface area contributed by atoms with E-state index in [1.54, 1.807) is 0 Å². The maximum Gasteiger partial charge on any atom is 0.301 e. The minimum absolute atomic E-state index is 0.0732. The van der Waals surface area contributed by atoms with Crippen LogP contribution in [0.5, 0.6) is 5.75 Å². The van der Waals surface area contributed by atoms with Gasteiger partial charge >= 0.3 is 5.91 Å². The van der Waals surface area contributed by atoms with Crippen LogP contribution in [0.2, 0.25) is 5.02 Å². The molecule has 1 heterocycles. The molecule has 0 radical (unpaired) electrons. The maximum atomic E-state index is 12.5. The Labute approximate surface area is 151 Å². The molecule has 0 atom stereocenters. The third-order valence-electron chi connectivity index (χ3n) is 3.52. The van der Waals surface area contributed by atoms with Crippen LogP contribution >= 0.6 is 11.6 Å². The van der Waals surface area contributed by atoms with E-state index in [-0.39, 0.29) is 22.8 Å². The first-order chi connectivity index (χ1) is 12.4. The lowest BCUT2D eigenvalue weighted by Gasteiger charge is -2.15. The molecule has 0 fully saturated rings. The molecule has 130 valence electrons. The van der Waals surface area contributed by atoms with Gasteiger partial charge in [-0.1, -0.05) is 11.6 Å². The molecule has 0 spiro atoms. The maximum absolute atomic E-state index is 12.5. The fraction of sp³-hybridized carbons (Fsp3) is 0. The van der Waals surface area contributed by atoms with Crippen molar-refractivity contribution in [2.24, 2.45) is 0 Å². The molecule has 1 aliphatic heterocycles. The largest absolute Gasteiger partial charge is 0.451 e. The van der Waals surface area contributed by atoms with Crippen molar-refractivity contribution in [1.29, 1.82) is 0 Å². The fourth-order valence-corrected chi connectivity index (χ4v) is 2.44. The van der Waals surface area contributed by atoms with Gasteiger partial charge in [0.2, 0.25) is 0 Å². The molecule has 2 aromatic rings. The molecule has 26 heavy (non-hydrogen) atoms. The third kappa shape index (κ3) is 3.17. The second-order valence-corrected chi connectivity index (χ2v) is 5.60. The Morgan fingerprint density at radius 2 is 1.81 bits per heavy atom. The monoisotopic (exact) mass is 372 g/mol. The smallest absolute Gasteiger partial charge is 0.301 e. The van der Waals surface area contributed by atoms with Crippen molar-refractivity contribution in [2.75, 3.05) is 4.90 Å². The lowest BCUT2D eigenvalue weighted by atomic mass is 10.2. The first-order valence-corrected chi connectivity index (χ1v) is 7.55. The number of carbonyl (C=O) groups is 3. The Bertz CT molecular complexity index is 968. The van der Waals surface area contributed by atoms with Gasteiger partial charge in [-0.2, -0.15) is 0 Å². The Balaban J connectivity index is 1.87. The Morgan fingerprint density at radius 3 is 2.42 bits per heavy atom. The van der Waals surface area contributed by atoms with E-state index in [1.165, 1.54) is 30.3 Å². The highest BCUT2D eigenvalue weighted by atomic mass is 35.5. The zero-order valence-electron chi connectivity index (χ0n) is 12.9. The van der Waals surface area contributed by atoms with E-state index in [1.807, 2.05) is 0 Å². The van der Waals surface area contributed by atoms with E-state index in [2.05, 4.69) is 0 Å². The number of hydrogen-bond acceptors (Lipinski definition) is 6. The van der Waals surface area contributed by atoms with Crippen LogP contribution in [0.15, 0.2) is 54.3 Å². The molecule has 8 nitrogen and oxygen atoms in total. The number of non-ortho nitro benzene ring substituents is 1. The van der Waals surface area contributed by atoms with Crippen LogP contribution in [0.4, 0.5) is 11.4 Å². The minimum Gasteiger partial charge on any atom is -0.451 e. The number of anilines is 1. The van der Waals surface area contributed by atoms with Crippen molar-refractivity contribution >= 4 is 41.1 Å². The van der Waals surface area contributed by atoms with Gasteiger partial charge in [0.05, 0.1) is 22.3 Å². The Kier molecular flexibility index (Phi) is 4.51. The number of nitro groups is 1. The first-order valence-electron chi connectivity index (χ1n) is 7.18. The molecule has 3 rings (SSSR count). The molecule has 1 aliphatic rings. The molecule has 2 aromatic carbocycles. The summed E-state index contributed by atoms with van der Waals surface area (Å²) < 4.78 is 5.36. The first kappa shape index (κ1) is 17.3. The van der Waals surface area contributed by atoms with Gasteiger partial charge in [0, 0.05) is 17.2 Å². The molecule has 0 bridgehead atoms. The summed E-state index contributed by atoms with van der Waals surface area (Å²) >= 11 is 5.79. The van der Waals surface area contributed by atoms with Gasteiger partial charge in [0.25, 0.3) is 11.6 Å². The summed E-state index contributed by atoms with van der Waals surface area (Å²) in [5.74, 6) is -1.73. The summed E-state index contributed by atoms with van der Waals surface area (Å²) in [5.41, 5.74) is -0.117. The number of nitrogens with zero attached hydrogens (tertiary/aromatic N) is 2. The summed E-state index contributed by atoms with van der Waals surface area (Å²) in [6.45, 7) is 0. The van der Waals surface area contributed by atoms with Crippen LogP contribution < -0.4 is 9.64 Å². The molecule has 0 N–H and O–H groups in total. The average Bonchev–Trinajstić information content (AvgIpc) is 2.89. The summed E-state index contributed by atoms with van der Waals surface area (Å²) in [7, 11) is 0. The van der Waals surface area contributed by atoms with Crippen molar-refractivity contribution in [3.8, 4) is 5.75 Å². The molecular weight excluding hydrogens is 364 g/mol. The predicted molar refractivity (Wildman–Crippen MR) is 91.1 cm³/mol. The van der Waals surface area contributed by atoms with E-state index in [0.29, 0.717) is 17.0 Å². The van der Waals surface area contributed by atoms with Gasteiger partial charge in [0.1, 0.15) is 5.75 Å². The zero-order chi connectivity index (χ0) is 18.8. The van der Waals surface area contributed by atoms with E-state index in [4.69, 9.17) is 16.3 Å². The molecule has 0 aliphatic carbocycles. The lowest BCUT2D eigenvalue weighted by Crippen LogP contribution is -2.31. The number of imide groups is 1. The van der Waals surface area contributed by atoms with Crippen LogP contribution in [0.25, 0.3) is 0 Å². The normalized spacial score (nSPS) is 13.6. The number of amides is 2.